The molecular weight excluding hydrogens is 244 g/mol. The fraction of sp³-hybridized carbons (Fsp3) is 0.308. The van der Waals surface area contributed by atoms with Crippen LogP contribution in [-0.2, 0) is 6.54 Å². The molecule has 0 saturated heterocycles. The van der Waals surface area contributed by atoms with E-state index >= 15 is 0 Å². The van der Waals surface area contributed by atoms with Crippen LogP contribution in [0.3, 0.4) is 0 Å². The highest BCUT2D eigenvalue weighted by Crippen LogP contribution is 2.11. The molecule has 0 aromatic carbocycles. The third kappa shape index (κ3) is 3.80. The lowest BCUT2D eigenvalue weighted by Gasteiger charge is -2.07. The fourth-order valence-electron chi connectivity index (χ4n) is 1.47. The number of methoxy groups -OCH3 is 1. The number of rotatable bonds is 6. The van der Waals surface area contributed by atoms with E-state index in [9.17, 15) is 0 Å². The SMILES string of the molecule is CCOc1ccnc(NCc2ccc(OC)nc2)n1. The molecule has 2 aromatic heterocycles. The second-order valence-corrected chi connectivity index (χ2v) is 3.71. The Balaban J connectivity index is 1.95. The third-order valence-corrected chi connectivity index (χ3v) is 2.38. The van der Waals surface area contributed by atoms with Gasteiger partial charge in [-0.2, -0.15) is 4.98 Å². The highest BCUT2D eigenvalue weighted by atomic mass is 16.5. The average Bonchev–Trinajstić information content (AvgIpc) is 2.46. The van der Waals surface area contributed by atoms with Crippen LogP contribution >= 0.6 is 0 Å². The van der Waals surface area contributed by atoms with Gasteiger partial charge >= 0.3 is 0 Å². The van der Waals surface area contributed by atoms with E-state index in [1.165, 1.54) is 0 Å². The smallest absolute Gasteiger partial charge is 0.226 e. The third-order valence-electron chi connectivity index (χ3n) is 2.38. The van der Waals surface area contributed by atoms with Crippen LogP contribution in [0.4, 0.5) is 5.95 Å². The van der Waals surface area contributed by atoms with Gasteiger partial charge in [0.15, 0.2) is 0 Å². The van der Waals surface area contributed by atoms with Crippen molar-refractivity contribution >= 4 is 5.95 Å². The van der Waals surface area contributed by atoms with Crippen molar-refractivity contribution < 1.29 is 9.47 Å². The van der Waals surface area contributed by atoms with Crippen molar-refractivity contribution in [3.63, 3.8) is 0 Å². The molecule has 2 rings (SSSR count). The summed E-state index contributed by atoms with van der Waals surface area (Å²) in [5.41, 5.74) is 1.02. The van der Waals surface area contributed by atoms with Crippen molar-refractivity contribution in [3.05, 3.63) is 36.2 Å². The second-order valence-electron chi connectivity index (χ2n) is 3.71. The van der Waals surface area contributed by atoms with Gasteiger partial charge in [-0.3, -0.25) is 0 Å². The number of hydrogen-bond acceptors (Lipinski definition) is 6. The molecule has 0 unspecified atom stereocenters. The summed E-state index contributed by atoms with van der Waals surface area (Å²) in [4.78, 5) is 12.5. The molecule has 19 heavy (non-hydrogen) atoms. The molecule has 0 atom stereocenters. The van der Waals surface area contributed by atoms with Crippen LogP contribution in [0, 0.1) is 0 Å². The number of ether oxygens (including phenoxy) is 2. The number of nitrogens with one attached hydrogen (secondary N) is 1. The van der Waals surface area contributed by atoms with E-state index in [1.54, 1.807) is 25.6 Å². The summed E-state index contributed by atoms with van der Waals surface area (Å²) in [5, 5.41) is 3.11. The molecule has 0 aliphatic heterocycles. The molecule has 0 aliphatic rings. The predicted octanol–water partition coefficient (Wildman–Crippen LogP) is 1.89. The van der Waals surface area contributed by atoms with E-state index in [4.69, 9.17) is 9.47 Å². The van der Waals surface area contributed by atoms with Crippen LogP contribution in [-0.4, -0.2) is 28.7 Å². The lowest BCUT2D eigenvalue weighted by molar-refractivity contribution is 0.326. The molecule has 2 heterocycles. The van der Waals surface area contributed by atoms with Gasteiger partial charge in [-0.25, -0.2) is 9.97 Å². The van der Waals surface area contributed by atoms with Gasteiger partial charge in [-0.1, -0.05) is 6.07 Å². The van der Waals surface area contributed by atoms with E-state index in [2.05, 4.69) is 20.3 Å². The molecular formula is C13H16N4O2. The minimum Gasteiger partial charge on any atom is -0.481 e. The molecule has 6 nitrogen and oxygen atoms in total. The average molecular weight is 260 g/mol. The standard InChI is InChI=1S/C13H16N4O2/c1-3-19-12-6-7-14-13(17-12)16-9-10-4-5-11(18-2)15-8-10/h4-8H,3,9H2,1-2H3,(H,14,16,17). The van der Waals surface area contributed by atoms with Crippen molar-refractivity contribution in [3.8, 4) is 11.8 Å². The predicted molar refractivity (Wildman–Crippen MR) is 71.3 cm³/mol. The Hall–Kier alpha value is -2.37. The van der Waals surface area contributed by atoms with Crippen LogP contribution in [0.2, 0.25) is 0 Å². The van der Waals surface area contributed by atoms with Gasteiger partial charge in [0.2, 0.25) is 17.7 Å². The maximum Gasteiger partial charge on any atom is 0.226 e. The minimum atomic E-state index is 0.529. The van der Waals surface area contributed by atoms with E-state index in [0.717, 1.165) is 5.56 Å². The summed E-state index contributed by atoms with van der Waals surface area (Å²) in [5.74, 6) is 1.69. The van der Waals surface area contributed by atoms with Crippen LogP contribution in [0.1, 0.15) is 12.5 Å². The Labute approximate surface area is 111 Å². The maximum absolute atomic E-state index is 5.31. The second kappa shape index (κ2) is 6.53. The quantitative estimate of drug-likeness (QED) is 0.855. The molecule has 0 bridgehead atoms. The van der Waals surface area contributed by atoms with Crippen molar-refractivity contribution in [2.75, 3.05) is 19.0 Å². The lowest BCUT2D eigenvalue weighted by atomic mass is 10.3. The Morgan fingerprint density at radius 1 is 1.16 bits per heavy atom. The first-order valence-corrected chi connectivity index (χ1v) is 6.00. The number of nitrogens with zero attached hydrogens (tertiary/aromatic N) is 3. The molecule has 0 aliphatic carbocycles. The molecule has 0 amide bonds. The normalized spacial score (nSPS) is 10.0. The summed E-state index contributed by atoms with van der Waals surface area (Å²) in [6, 6.07) is 5.48. The molecule has 0 spiro atoms. The van der Waals surface area contributed by atoms with Crippen LogP contribution in [0.5, 0.6) is 11.8 Å². The van der Waals surface area contributed by atoms with Gasteiger partial charge in [0.05, 0.1) is 13.7 Å². The Bertz CT molecular complexity index is 516. The van der Waals surface area contributed by atoms with E-state index in [1.807, 2.05) is 19.1 Å². The Kier molecular flexibility index (Phi) is 4.49. The van der Waals surface area contributed by atoms with Gasteiger partial charge < -0.3 is 14.8 Å². The summed E-state index contributed by atoms with van der Waals surface area (Å²) in [6.45, 7) is 3.09. The number of anilines is 1. The van der Waals surface area contributed by atoms with Crippen molar-refractivity contribution in [2.24, 2.45) is 0 Å². The molecule has 1 N–H and O–H groups in total. The lowest BCUT2D eigenvalue weighted by Crippen LogP contribution is -2.05. The Morgan fingerprint density at radius 2 is 2.05 bits per heavy atom. The van der Waals surface area contributed by atoms with E-state index in [0.29, 0.717) is 30.9 Å². The molecule has 2 aromatic rings. The monoisotopic (exact) mass is 260 g/mol. The van der Waals surface area contributed by atoms with E-state index in [-0.39, 0.29) is 0 Å². The first-order valence-electron chi connectivity index (χ1n) is 6.00. The summed E-state index contributed by atoms with van der Waals surface area (Å²) in [6.07, 6.45) is 3.41. The van der Waals surface area contributed by atoms with Gasteiger partial charge in [0.25, 0.3) is 0 Å². The summed E-state index contributed by atoms with van der Waals surface area (Å²) in [7, 11) is 1.59. The number of hydrogen-bond donors (Lipinski definition) is 1. The van der Waals surface area contributed by atoms with Gasteiger partial charge in [-0.15, -0.1) is 0 Å². The highest BCUT2D eigenvalue weighted by molar-refractivity contribution is 5.29. The Morgan fingerprint density at radius 3 is 2.74 bits per heavy atom. The molecule has 6 heteroatoms. The van der Waals surface area contributed by atoms with E-state index < -0.39 is 0 Å². The zero-order valence-electron chi connectivity index (χ0n) is 11.0. The van der Waals surface area contributed by atoms with Gasteiger partial charge in [-0.05, 0) is 12.5 Å². The van der Waals surface area contributed by atoms with Crippen molar-refractivity contribution in [2.45, 2.75) is 13.5 Å². The maximum atomic E-state index is 5.31. The molecule has 0 saturated carbocycles. The van der Waals surface area contributed by atoms with Crippen molar-refractivity contribution in [1.29, 1.82) is 0 Å². The fourth-order valence-corrected chi connectivity index (χ4v) is 1.47. The molecule has 100 valence electrons. The van der Waals surface area contributed by atoms with Crippen LogP contribution in [0.25, 0.3) is 0 Å². The first-order chi connectivity index (χ1) is 9.31. The highest BCUT2D eigenvalue weighted by Gasteiger charge is 2.00. The van der Waals surface area contributed by atoms with Crippen LogP contribution in [0.15, 0.2) is 30.6 Å². The van der Waals surface area contributed by atoms with Crippen molar-refractivity contribution in [1.82, 2.24) is 15.0 Å². The first kappa shape index (κ1) is 13.1. The number of aromatic nitrogens is 3. The summed E-state index contributed by atoms with van der Waals surface area (Å²) < 4.78 is 10.3. The van der Waals surface area contributed by atoms with Gasteiger partial charge in [0, 0.05) is 31.1 Å². The number of pyridine rings is 1. The minimum absolute atomic E-state index is 0.529. The van der Waals surface area contributed by atoms with Gasteiger partial charge in [0.1, 0.15) is 0 Å². The topological polar surface area (TPSA) is 69.2 Å². The molecule has 0 fully saturated rings. The summed E-state index contributed by atoms with van der Waals surface area (Å²) >= 11 is 0. The largest absolute Gasteiger partial charge is 0.481 e. The zero-order valence-corrected chi connectivity index (χ0v) is 11.0. The molecule has 0 radical (unpaired) electrons. The zero-order chi connectivity index (χ0) is 13.5. The van der Waals surface area contributed by atoms with Crippen LogP contribution < -0.4 is 14.8 Å².